The molecule has 0 atom stereocenters. The van der Waals surface area contributed by atoms with Gasteiger partial charge in [-0.1, -0.05) is 45.0 Å². The minimum Gasteiger partial charge on any atom is -0.325 e. The van der Waals surface area contributed by atoms with Gasteiger partial charge in [0.1, 0.15) is 0 Å². The van der Waals surface area contributed by atoms with Gasteiger partial charge < -0.3 is 5.73 Å². The molecule has 0 aliphatic carbocycles. The zero-order valence-corrected chi connectivity index (χ0v) is 10.1. The number of hydrogen-bond donors (Lipinski definition) is 1. The van der Waals surface area contributed by atoms with Crippen molar-refractivity contribution in [3.05, 3.63) is 41.7 Å². The average molecular weight is 214 g/mol. The van der Waals surface area contributed by atoms with Gasteiger partial charge in [0.2, 0.25) is 0 Å². The fourth-order valence-corrected chi connectivity index (χ4v) is 1.81. The van der Waals surface area contributed by atoms with Crippen LogP contribution in [0.4, 0.5) is 0 Å². The third kappa shape index (κ3) is 1.93. The van der Waals surface area contributed by atoms with Gasteiger partial charge in [0, 0.05) is 23.0 Å². The molecule has 2 N–H and O–H groups in total. The quantitative estimate of drug-likeness (QED) is 0.792. The van der Waals surface area contributed by atoms with E-state index >= 15 is 0 Å². The summed E-state index contributed by atoms with van der Waals surface area (Å²) in [5.74, 6) is 0. The molecule has 0 aliphatic rings. The highest BCUT2D eigenvalue weighted by atomic mass is 14.8. The molecule has 1 aromatic carbocycles. The second-order valence-corrected chi connectivity index (χ2v) is 5.13. The second kappa shape index (κ2) is 3.87. The molecule has 84 valence electrons. The zero-order chi connectivity index (χ0) is 11.8. The van der Waals surface area contributed by atoms with Crippen LogP contribution in [0.1, 0.15) is 32.2 Å². The molecule has 2 aromatic rings. The lowest BCUT2D eigenvalue weighted by Crippen LogP contribution is -2.15. The summed E-state index contributed by atoms with van der Waals surface area (Å²) in [4.78, 5) is 4.67. The van der Waals surface area contributed by atoms with Crippen molar-refractivity contribution in [3.8, 4) is 0 Å². The topological polar surface area (TPSA) is 38.9 Å². The van der Waals surface area contributed by atoms with Gasteiger partial charge in [-0.25, -0.2) is 0 Å². The summed E-state index contributed by atoms with van der Waals surface area (Å²) in [5, 5.41) is 2.39. The predicted molar refractivity (Wildman–Crippen MR) is 68.3 cm³/mol. The molecular weight excluding hydrogens is 196 g/mol. The Bertz CT molecular complexity index is 510. The Hall–Kier alpha value is -1.41. The molecule has 2 nitrogen and oxygen atoms in total. The summed E-state index contributed by atoms with van der Waals surface area (Å²) in [6, 6.07) is 10.4. The van der Waals surface area contributed by atoms with E-state index in [9.17, 15) is 0 Å². The van der Waals surface area contributed by atoms with E-state index in [0.29, 0.717) is 6.54 Å². The fraction of sp³-hybridized carbons (Fsp3) is 0.357. The van der Waals surface area contributed by atoms with Gasteiger partial charge in [0.25, 0.3) is 0 Å². The van der Waals surface area contributed by atoms with Crippen LogP contribution in [0.3, 0.4) is 0 Å². The predicted octanol–water partition coefficient (Wildman–Crippen LogP) is 2.99. The summed E-state index contributed by atoms with van der Waals surface area (Å²) in [6.07, 6.45) is 0. The van der Waals surface area contributed by atoms with Gasteiger partial charge in [-0.3, -0.25) is 4.98 Å². The minimum absolute atomic E-state index is 0.0634. The van der Waals surface area contributed by atoms with E-state index in [-0.39, 0.29) is 5.41 Å². The Balaban J connectivity index is 2.73. The molecule has 0 unspecified atom stereocenters. The molecule has 0 saturated carbocycles. The van der Waals surface area contributed by atoms with Gasteiger partial charge in [-0.2, -0.15) is 0 Å². The monoisotopic (exact) mass is 214 g/mol. The van der Waals surface area contributed by atoms with Gasteiger partial charge in [-0.15, -0.1) is 0 Å². The van der Waals surface area contributed by atoms with Gasteiger partial charge in [0.05, 0.1) is 5.69 Å². The molecule has 0 bridgehead atoms. The maximum Gasteiger partial charge on any atom is 0.0621 e. The Labute approximate surface area is 96.5 Å². The van der Waals surface area contributed by atoms with Crippen molar-refractivity contribution in [1.29, 1.82) is 0 Å². The number of nitrogens with two attached hydrogens (primary N) is 1. The van der Waals surface area contributed by atoms with E-state index in [2.05, 4.69) is 50.0 Å². The lowest BCUT2D eigenvalue weighted by atomic mass is 9.90. The highest BCUT2D eigenvalue weighted by molar-refractivity contribution is 5.85. The molecule has 0 fully saturated rings. The molecule has 0 saturated heterocycles. The van der Waals surface area contributed by atoms with Gasteiger partial charge >= 0.3 is 0 Å². The van der Waals surface area contributed by atoms with Crippen molar-refractivity contribution in [3.63, 3.8) is 0 Å². The Morgan fingerprint density at radius 3 is 2.50 bits per heavy atom. The first kappa shape index (κ1) is 11.1. The number of rotatable bonds is 1. The fourth-order valence-electron chi connectivity index (χ4n) is 1.81. The van der Waals surface area contributed by atoms with E-state index in [1.54, 1.807) is 0 Å². The Morgan fingerprint density at radius 1 is 1.19 bits per heavy atom. The average Bonchev–Trinajstić information content (AvgIpc) is 2.26. The first-order valence-corrected chi connectivity index (χ1v) is 5.61. The van der Waals surface area contributed by atoms with E-state index < -0.39 is 0 Å². The van der Waals surface area contributed by atoms with E-state index in [0.717, 1.165) is 16.8 Å². The number of fused-ring (bicyclic) bond motifs is 1. The van der Waals surface area contributed by atoms with Crippen LogP contribution < -0.4 is 5.73 Å². The molecule has 0 amide bonds. The molecule has 2 rings (SSSR count). The van der Waals surface area contributed by atoms with Crippen LogP contribution in [0.25, 0.3) is 10.8 Å². The normalized spacial score (nSPS) is 12.0. The number of benzene rings is 1. The second-order valence-electron chi connectivity index (χ2n) is 5.13. The Kier molecular flexibility index (Phi) is 2.68. The van der Waals surface area contributed by atoms with Crippen molar-refractivity contribution in [2.45, 2.75) is 32.7 Å². The van der Waals surface area contributed by atoms with Crippen molar-refractivity contribution in [2.75, 3.05) is 0 Å². The summed E-state index contributed by atoms with van der Waals surface area (Å²) < 4.78 is 0. The van der Waals surface area contributed by atoms with Crippen molar-refractivity contribution >= 4 is 10.8 Å². The number of aromatic nitrogens is 1. The van der Waals surface area contributed by atoms with Crippen molar-refractivity contribution < 1.29 is 0 Å². The Morgan fingerprint density at radius 2 is 1.88 bits per heavy atom. The summed E-state index contributed by atoms with van der Waals surface area (Å²) in [5.41, 5.74) is 7.92. The van der Waals surface area contributed by atoms with Crippen LogP contribution in [-0.2, 0) is 12.0 Å². The first-order chi connectivity index (χ1) is 7.52. The lowest BCUT2D eigenvalue weighted by molar-refractivity contribution is 0.567. The maximum atomic E-state index is 5.77. The molecule has 0 radical (unpaired) electrons. The van der Waals surface area contributed by atoms with Crippen LogP contribution in [0.15, 0.2) is 30.3 Å². The number of hydrogen-bond acceptors (Lipinski definition) is 2. The van der Waals surface area contributed by atoms with Crippen LogP contribution in [-0.4, -0.2) is 4.98 Å². The summed E-state index contributed by atoms with van der Waals surface area (Å²) >= 11 is 0. The molecule has 0 spiro atoms. The standard InChI is InChI=1S/C14H18N2/c1-14(2,3)13-8-10-6-4-5-7-11(10)12(9-15)16-13/h4-8H,9,15H2,1-3H3. The van der Waals surface area contributed by atoms with Crippen LogP contribution in [0, 0.1) is 0 Å². The number of nitrogens with zero attached hydrogens (tertiary/aromatic N) is 1. The highest BCUT2D eigenvalue weighted by Gasteiger charge is 2.17. The number of pyridine rings is 1. The molecule has 1 heterocycles. The molecule has 2 heteroatoms. The SMILES string of the molecule is CC(C)(C)c1cc2ccccc2c(CN)n1. The maximum absolute atomic E-state index is 5.77. The van der Waals surface area contributed by atoms with Crippen LogP contribution in [0.2, 0.25) is 0 Å². The largest absolute Gasteiger partial charge is 0.325 e. The van der Waals surface area contributed by atoms with Crippen LogP contribution >= 0.6 is 0 Å². The van der Waals surface area contributed by atoms with Gasteiger partial charge in [-0.05, 0) is 11.5 Å². The first-order valence-electron chi connectivity index (χ1n) is 5.61. The van der Waals surface area contributed by atoms with Gasteiger partial charge in [0.15, 0.2) is 0 Å². The third-order valence-electron chi connectivity index (χ3n) is 2.78. The third-order valence-corrected chi connectivity index (χ3v) is 2.78. The molecular formula is C14H18N2. The molecule has 0 aliphatic heterocycles. The van der Waals surface area contributed by atoms with Crippen molar-refractivity contribution in [2.24, 2.45) is 5.73 Å². The zero-order valence-electron chi connectivity index (χ0n) is 10.1. The van der Waals surface area contributed by atoms with Crippen molar-refractivity contribution in [1.82, 2.24) is 4.98 Å². The molecule has 16 heavy (non-hydrogen) atoms. The van der Waals surface area contributed by atoms with E-state index in [1.165, 1.54) is 5.39 Å². The van der Waals surface area contributed by atoms with E-state index in [1.807, 2.05) is 6.07 Å². The minimum atomic E-state index is 0.0634. The lowest BCUT2D eigenvalue weighted by Gasteiger charge is -2.19. The smallest absolute Gasteiger partial charge is 0.0621 e. The summed E-state index contributed by atoms with van der Waals surface area (Å²) in [7, 11) is 0. The van der Waals surface area contributed by atoms with Crippen LogP contribution in [0.5, 0.6) is 0 Å². The van der Waals surface area contributed by atoms with E-state index in [4.69, 9.17) is 5.73 Å². The molecule has 1 aromatic heterocycles. The summed E-state index contributed by atoms with van der Waals surface area (Å²) in [6.45, 7) is 7.00. The highest BCUT2D eigenvalue weighted by Crippen LogP contribution is 2.25.